The lowest BCUT2D eigenvalue weighted by Crippen LogP contribution is -2.46. The number of unbranched alkanes of at least 4 members (excludes halogenated alkanes) is 1. The number of hydrogen-bond acceptors (Lipinski definition) is 4. The summed E-state index contributed by atoms with van der Waals surface area (Å²) in [5, 5.41) is 10.0. The Morgan fingerprint density at radius 3 is 2.56 bits per heavy atom. The number of nitrogens with one attached hydrogen (secondary N) is 3. The predicted octanol–water partition coefficient (Wildman–Crippen LogP) is 2.33. The van der Waals surface area contributed by atoms with E-state index in [-0.39, 0.29) is 24.3 Å². The summed E-state index contributed by atoms with van der Waals surface area (Å²) in [4.78, 5) is 26.9. The number of carbonyl (C=O) groups excluding carboxylic acids is 2. The number of rotatable bonds is 7. The number of piperidine rings is 2. The first-order valence-corrected chi connectivity index (χ1v) is 12.8. The van der Waals surface area contributed by atoms with E-state index in [2.05, 4.69) is 16.0 Å². The highest BCUT2D eigenvalue weighted by atomic mass is 19.1. The van der Waals surface area contributed by atoms with Gasteiger partial charge in [-0.3, -0.25) is 9.59 Å². The van der Waals surface area contributed by atoms with Crippen molar-refractivity contribution < 1.29 is 18.4 Å². The Morgan fingerprint density at radius 1 is 1.00 bits per heavy atom. The lowest BCUT2D eigenvalue weighted by molar-refractivity contribution is -0.141. The summed E-state index contributed by atoms with van der Waals surface area (Å²) in [6.45, 7) is 4.14. The highest BCUT2D eigenvalue weighted by Gasteiger charge is 2.39. The molecule has 3 saturated heterocycles. The zero-order valence-corrected chi connectivity index (χ0v) is 19.2. The standard InChI is InChI=1S/C24H40F2N4O2/c25-18-4-5-19(20(26)14-18)24(32)30-11-7-16(8-12-30)3-1-2-9-28-23(31)22-13-17-15-27-10-6-21(17)29-22/h16-22,27,29H,1-15H2,(H,28,31). The van der Waals surface area contributed by atoms with Gasteiger partial charge in [0.25, 0.3) is 0 Å². The largest absolute Gasteiger partial charge is 0.355 e. The Balaban J connectivity index is 1.07. The molecule has 6 nitrogen and oxygen atoms in total. The van der Waals surface area contributed by atoms with E-state index in [4.69, 9.17) is 0 Å². The maximum absolute atomic E-state index is 14.1. The molecule has 8 heteroatoms. The molecule has 4 aliphatic rings. The van der Waals surface area contributed by atoms with Crippen molar-refractivity contribution in [3.63, 3.8) is 0 Å². The van der Waals surface area contributed by atoms with Crippen LogP contribution < -0.4 is 16.0 Å². The Bertz CT molecular complexity index is 629. The zero-order valence-electron chi connectivity index (χ0n) is 19.2. The summed E-state index contributed by atoms with van der Waals surface area (Å²) >= 11 is 0. The van der Waals surface area contributed by atoms with Crippen LogP contribution in [0.15, 0.2) is 0 Å². The van der Waals surface area contributed by atoms with E-state index in [0.717, 1.165) is 64.6 Å². The van der Waals surface area contributed by atoms with Crippen molar-refractivity contribution in [2.75, 3.05) is 32.7 Å². The lowest BCUT2D eigenvalue weighted by atomic mass is 9.84. The van der Waals surface area contributed by atoms with Gasteiger partial charge in [-0.25, -0.2) is 8.78 Å². The minimum Gasteiger partial charge on any atom is -0.355 e. The van der Waals surface area contributed by atoms with Crippen LogP contribution in [-0.4, -0.2) is 73.9 Å². The smallest absolute Gasteiger partial charge is 0.237 e. The lowest BCUT2D eigenvalue weighted by Gasteiger charge is -2.36. The molecule has 32 heavy (non-hydrogen) atoms. The van der Waals surface area contributed by atoms with Crippen LogP contribution in [0, 0.1) is 17.8 Å². The first-order valence-electron chi connectivity index (χ1n) is 12.8. The molecule has 1 saturated carbocycles. The molecular weight excluding hydrogens is 414 g/mol. The third-order valence-electron chi connectivity index (χ3n) is 8.17. The van der Waals surface area contributed by atoms with E-state index in [1.54, 1.807) is 4.90 Å². The number of halogens is 2. The van der Waals surface area contributed by atoms with E-state index in [1.807, 2.05) is 0 Å². The molecule has 2 amide bonds. The molecule has 3 heterocycles. The molecule has 3 aliphatic heterocycles. The van der Waals surface area contributed by atoms with Gasteiger partial charge in [-0.1, -0.05) is 12.8 Å². The minimum absolute atomic E-state index is 0.0457. The van der Waals surface area contributed by atoms with Crippen LogP contribution in [0.2, 0.25) is 0 Å². The number of nitrogens with zero attached hydrogens (tertiary/aromatic N) is 1. The maximum atomic E-state index is 14.1. The Kier molecular flexibility index (Phi) is 8.38. The van der Waals surface area contributed by atoms with Gasteiger partial charge in [0.15, 0.2) is 0 Å². The van der Waals surface area contributed by atoms with Crippen molar-refractivity contribution >= 4 is 11.8 Å². The van der Waals surface area contributed by atoms with Crippen molar-refractivity contribution in [2.24, 2.45) is 17.8 Å². The fraction of sp³-hybridized carbons (Fsp3) is 0.917. The van der Waals surface area contributed by atoms with Gasteiger partial charge in [-0.05, 0) is 69.9 Å². The second-order valence-electron chi connectivity index (χ2n) is 10.4. The second kappa shape index (κ2) is 11.2. The second-order valence-corrected chi connectivity index (χ2v) is 10.4. The summed E-state index contributed by atoms with van der Waals surface area (Å²) in [5.74, 6) is 0.550. The molecule has 4 fully saturated rings. The summed E-state index contributed by atoms with van der Waals surface area (Å²) in [5.41, 5.74) is 0. The van der Waals surface area contributed by atoms with Gasteiger partial charge in [0, 0.05) is 32.1 Å². The van der Waals surface area contributed by atoms with Crippen LogP contribution >= 0.6 is 0 Å². The Labute approximate surface area is 190 Å². The predicted molar refractivity (Wildman–Crippen MR) is 120 cm³/mol. The van der Waals surface area contributed by atoms with Crippen molar-refractivity contribution in [2.45, 2.75) is 88.6 Å². The van der Waals surface area contributed by atoms with Crippen molar-refractivity contribution in [3.05, 3.63) is 0 Å². The monoisotopic (exact) mass is 454 g/mol. The first kappa shape index (κ1) is 23.9. The minimum atomic E-state index is -1.33. The van der Waals surface area contributed by atoms with Gasteiger partial charge in [-0.15, -0.1) is 0 Å². The van der Waals surface area contributed by atoms with Crippen LogP contribution in [-0.2, 0) is 9.59 Å². The molecule has 6 atom stereocenters. The normalized spacial score (nSPS) is 36.0. The number of likely N-dealkylation sites (tertiary alicyclic amines) is 1. The molecule has 0 spiro atoms. The summed E-state index contributed by atoms with van der Waals surface area (Å²) in [6.07, 6.45) is 5.17. The summed E-state index contributed by atoms with van der Waals surface area (Å²) in [6, 6.07) is 0.440. The van der Waals surface area contributed by atoms with Gasteiger partial charge in [0.2, 0.25) is 11.8 Å². The molecule has 1 aliphatic carbocycles. The molecule has 0 aromatic rings. The van der Waals surface area contributed by atoms with E-state index < -0.39 is 18.3 Å². The van der Waals surface area contributed by atoms with E-state index in [1.165, 1.54) is 0 Å². The van der Waals surface area contributed by atoms with Gasteiger partial charge < -0.3 is 20.9 Å². The molecule has 4 rings (SSSR count). The van der Waals surface area contributed by atoms with Crippen molar-refractivity contribution in [1.29, 1.82) is 0 Å². The van der Waals surface area contributed by atoms with Crippen molar-refractivity contribution in [1.82, 2.24) is 20.9 Å². The van der Waals surface area contributed by atoms with Crippen LogP contribution in [0.3, 0.4) is 0 Å². The molecule has 0 aromatic carbocycles. The van der Waals surface area contributed by atoms with Crippen LogP contribution in [0.5, 0.6) is 0 Å². The average Bonchev–Trinajstić information content (AvgIpc) is 3.23. The Morgan fingerprint density at radius 2 is 1.81 bits per heavy atom. The molecule has 182 valence electrons. The third-order valence-corrected chi connectivity index (χ3v) is 8.17. The van der Waals surface area contributed by atoms with Crippen LogP contribution in [0.4, 0.5) is 8.78 Å². The maximum Gasteiger partial charge on any atom is 0.237 e. The molecule has 3 N–H and O–H groups in total. The first-order chi connectivity index (χ1) is 15.5. The van der Waals surface area contributed by atoms with Gasteiger partial charge in [-0.2, -0.15) is 0 Å². The zero-order chi connectivity index (χ0) is 22.5. The van der Waals surface area contributed by atoms with E-state index in [0.29, 0.717) is 43.8 Å². The summed E-state index contributed by atoms with van der Waals surface area (Å²) < 4.78 is 27.5. The highest BCUT2D eigenvalue weighted by Crippen LogP contribution is 2.32. The number of amides is 2. The molecule has 0 radical (unpaired) electrons. The quantitative estimate of drug-likeness (QED) is 0.517. The van der Waals surface area contributed by atoms with Gasteiger partial charge in [0.1, 0.15) is 12.3 Å². The number of alkyl halides is 2. The molecule has 0 bridgehead atoms. The van der Waals surface area contributed by atoms with Crippen LogP contribution in [0.1, 0.15) is 64.2 Å². The van der Waals surface area contributed by atoms with Gasteiger partial charge >= 0.3 is 0 Å². The highest BCUT2D eigenvalue weighted by molar-refractivity contribution is 5.82. The van der Waals surface area contributed by atoms with Crippen molar-refractivity contribution in [3.8, 4) is 0 Å². The number of carbonyl (C=O) groups is 2. The molecule has 6 unspecified atom stereocenters. The SMILES string of the molecule is O=C(NCCCCC1CCN(C(=O)C2CCC(F)CC2F)CC1)C1CC2CNCCC2N1. The topological polar surface area (TPSA) is 73.5 Å². The molecule has 0 aromatic heterocycles. The summed E-state index contributed by atoms with van der Waals surface area (Å²) in [7, 11) is 0. The number of fused-ring (bicyclic) bond motifs is 1. The fourth-order valence-corrected chi connectivity index (χ4v) is 6.12. The fourth-order valence-electron chi connectivity index (χ4n) is 6.12. The number of hydrogen-bond donors (Lipinski definition) is 3. The van der Waals surface area contributed by atoms with E-state index >= 15 is 0 Å². The third kappa shape index (κ3) is 5.99. The van der Waals surface area contributed by atoms with Gasteiger partial charge in [0.05, 0.1) is 12.0 Å². The van der Waals surface area contributed by atoms with E-state index in [9.17, 15) is 18.4 Å². The Hall–Kier alpha value is -1.28. The average molecular weight is 455 g/mol. The molecular formula is C24H40F2N4O2. The van der Waals surface area contributed by atoms with Crippen LogP contribution in [0.25, 0.3) is 0 Å².